The van der Waals surface area contributed by atoms with Gasteiger partial charge in [-0.05, 0) is 66.7 Å². The number of hydrogen-bond donors (Lipinski definition) is 0. The SMILES string of the molecule is CCCCCCC1CCC(c2ccc(-c3ccc(CC(C)(F)F)cc3)cc2)CC1. The van der Waals surface area contributed by atoms with Gasteiger partial charge in [-0.25, -0.2) is 8.78 Å². The summed E-state index contributed by atoms with van der Waals surface area (Å²) in [7, 11) is 0. The molecular formula is C27H36F2. The Morgan fingerprint density at radius 1 is 0.793 bits per heavy atom. The third kappa shape index (κ3) is 6.94. The van der Waals surface area contributed by atoms with Crippen molar-refractivity contribution >= 4 is 0 Å². The van der Waals surface area contributed by atoms with E-state index in [0.29, 0.717) is 11.5 Å². The maximum Gasteiger partial charge on any atom is 0.249 e. The molecule has 0 bridgehead atoms. The van der Waals surface area contributed by atoms with Crippen LogP contribution in [0.1, 0.15) is 88.7 Å². The Balaban J connectivity index is 1.52. The molecule has 0 amide bonds. The predicted molar refractivity (Wildman–Crippen MR) is 120 cm³/mol. The molecule has 0 spiro atoms. The molecule has 1 saturated carbocycles. The highest BCUT2D eigenvalue weighted by Gasteiger charge is 2.22. The van der Waals surface area contributed by atoms with Crippen molar-refractivity contribution in [1.29, 1.82) is 0 Å². The summed E-state index contributed by atoms with van der Waals surface area (Å²) in [6.45, 7) is 3.25. The van der Waals surface area contributed by atoms with Gasteiger partial charge >= 0.3 is 0 Å². The third-order valence-corrected chi connectivity index (χ3v) is 6.50. The van der Waals surface area contributed by atoms with Crippen molar-refractivity contribution in [3.05, 3.63) is 59.7 Å². The number of rotatable bonds is 9. The van der Waals surface area contributed by atoms with Gasteiger partial charge in [0.05, 0.1) is 0 Å². The maximum atomic E-state index is 13.2. The first-order chi connectivity index (χ1) is 13.9. The van der Waals surface area contributed by atoms with Crippen LogP contribution in [-0.2, 0) is 6.42 Å². The second-order valence-electron chi connectivity index (χ2n) is 9.13. The van der Waals surface area contributed by atoms with E-state index in [4.69, 9.17) is 0 Å². The molecule has 29 heavy (non-hydrogen) atoms. The van der Waals surface area contributed by atoms with Crippen molar-refractivity contribution in [1.82, 2.24) is 0 Å². The fourth-order valence-corrected chi connectivity index (χ4v) is 4.77. The minimum absolute atomic E-state index is 0.201. The molecule has 0 aromatic heterocycles. The highest BCUT2D eigenvalue weighted by atomic mass is 19.3. The zero-order chi connectivity index (χ0) is 20.7. The summed E-state index contributed by atoms with van der Waals surface area (Å²) < 4.78 is 26.3. The van der Waals surface area contributed by atoms with Gasteiger partial charge < -0.3 is 0 Å². The van der Waals surface area contributed by atoms with E-state index < -0.39 is 5.92 Å². The standard InChI is InChI=1S/C27H36F2/c1-3-4-5-6-7-21-8-12-23(13-9-21)25-16-18-26(19-17-25)24-14-10-22(11-15-24)20-27(2,28)29/h10-11,14-19,21,23H,3-9,12-13,20H2,1-2H3. The summed E-state index contributed by atoms with van der Waals surface area (Å²) in [5.41, 5.74) is 4.40. The quantitative estimate of drug-likeness (QED) is 0.370. The van der Waals surface area contributed by atoms with E-state index in [0.717, 1.165) is 24.0 Å². The summed E-state index contributed by atoms with van der Waals surface area (Å²) in [5, 5.41) is 0. The molecule has 0 N–H and O–H groups in total. The molecule has 0 unspecified atom stereocenters. The maximum absolute atomic E-state index is 13.2. The molecule has 2 aromatic rings. The van der Waals surface area contributed by atoms with E-state index in [9.17, 15) is 8.78 Å². The Hall–Kier alpha value is -1.70. The Morgan fingerprint density at radius 3 is 1.93 bits per heavy atom. The lowest BCUT2D eigenvalue weighted by Crippen LogP contribution is -2.13. The van der Waals surface area contributed by atoms with Gasteiger partial charge in [0.25, 0.3) is 0 Å². The van der Waals surface area contributed by atoms with Crippen LogP contribution in [0.2, 0.25) is 0 Å². The van der Waals surface area contributed by atoms with Gasteiger partial charge in [0.15, 0.2) is 0 Å². The summed E-state index contributed by atoms with van der Waals surface area (Å²) in [5.74, 6) is -1.01. The van der Waals surface area contributed by atoms with Gasteiger partial charge in [0.1, 0.15) is 0 Å². The number of benzene rings is 2. The first kappa shape index (κ1) is 22.0. The van der Waals surface area contributed by atoms with Crippen molar-refractivity contribution in [2.24, 2.45) is 5.92 Å². The normalized spacial score (nSPS) is 20.0. The Labute approximate surface area is 175 Å². The second kappa shape index (κ2) is 10.4. The topological polar surface area (TPSA) is 0 Å². The van der Waals surface area contributed by atoms with Crippen molar-refractivity contribution in [2.45, 2.75) is 89.9 Å². The van der Waals surface area contributed by atoms with E-state index in [1.54, 1.807) is 0 Å². The lowest BCUT2D eigenvalue weighted by molar-refractivity contribution is 0.0226. The van der Waals surface area contributed by atoms with Crippen LogP contribution in [0.3, 0.4) is 0 Å². The first-order valence-electron chi connectivity index (χ1n) is 11.5. The molecule has 1 aliphatic carbocycles. The van der Waals surface area contributed by atoms with Gasteiger partial charge in [-0.1, -0.05) is 87.6 Å². The first-order valence-corrected chi connectivity index (χ1v) is 11.5. The predicted octanol–water partition coefficient (Wildman–Crippen LogP) is 8.80. The van der Waals surface area contributed by atoms with Crippen LogP contribution >= 0.6 is 0 Å². The molecule has 2 heteroatoms. The lowest BCUT2D eigenvalue weighted by atomic mass is 9.77. The van der Waals surface area contributed by atoms with E-state index in [2.05, 4.69) is 31.2 Å². The number of halogens is 2. The molecule has 2 aromatic carbocycles. The van der Waals surface area contributed by atoms with Crippen LogP contribution in [-0.4, -0.2) is 5.92 Å². The fraction of sp³-hybridized carbons (Fsp3) is 0.556. The van der Waals surface area contributed by atoms with Crippen LogP contribution in [0.5, 0.6) is 0 Å². The van der Waals surface area contributed by atoms with Crippen LogP contribution in [0, 0.1) is 5.92 Å². The van der Waals surface area contributed by atoms with E-state index in [1.165, 1.54) is 63.4 Å². The zero-order valence-electron chi connectivity index (χ0n) is 18.1. The molecule has 1 aliphatic rings. The van der Waals surface area contributed by atoms with Crippen LogP contribution in [0.4, 0.5) is 8.78 Å². The minimum Gasteiger partial charge on any atom is -0.207 e. The number of unbranched alkanes of at least 4 members (excludes halogenated alkanes) is 3. The summed E-state index contributed by atoms with van der Waals surface area (Å²) in [4.78, 5) is 0. The van der Waals surface area contributed by atoms with Gasteiger partial charge in [0.2, 0.25) is 5.92 Å². The second-order valence-corrected chi connectivity index (χ2v) is 9.13. The smallest absolute Gasteiger partial charge is 0.207 e. The summed E-state index contributed by atoms with van der Waals surface area (Å²) >= 11 is 0. The van der Waals surface area contributed by atoms with Crippen molar-refractivity contribution < 1.29 is 8.78 Å². The molecule has 0 radical (unpaired) electrons. The van der Waals surface area contributed by atoms with Crippen LogP contribution in [0.25, 0.3) is 11.1 Å². The highest BCUT2D eigenvalue weighted by molar-refractivity contribution is 5.64. The van der Waals surface area contributed by atoms with E-state index >= 15 is 0 Å². The Kier molecular flexibility index (Phi) is 7.86. The lowest BCUT2D eigenvalue weighted by Gasteiger charge is -2.29. The average molecular weight is 399 g/mol. The molecule has 0 nitrogen and oxygen atoms in total. The third-order valence-electron chi connectivity index (χ3n) is 6.50. The molecule has 0 aliphatic heterocycles. The van der Waals surface area contributed by atoms with Gasteiger partial charge in [-0.2, -0.15) is 0 Å². The van der Waals surface area contributed by atoms with Crippen LogP contribution in [0.15, 0.2) is 48.5 Å². The largest absolute Gasteiger partial charge is 0.249 e. The molecule has 1 fully saturated rings. The summed E-state index contributed by atoms with van der Waals surface area (Å²) in [6, 6.07) is 16.5. The van der Waals surface area contributed by atoms with E-state index in [1.807, 2.05) is 24.3 Å². The van der Waals surface area contributed by atoms with Gasteiger partial charge in [-0.3, -0.25) is 0 Å². The summed E-state index contributed by atoms with van der Waals surface area (Å²) in [6.07, 6.45) is 12.1. The number of alkyl halides is 2. The monoisotopic (exact) mass is 398 g/mol. The minimum atomic E-state index is -2.66. The molecule has 0 atom stereocenters. The van der Waals surface area contributed by atoms with E-state index in [-0.39, 0.29) is 6.42 Å². The molecule has 0 heterocycles. The van der Waals surface area contributed by atoms with Gasteiger partial charge in [0, 0.05) is 6.42 Å². The van der Waals surface area contributed by atoms with Gasteiger partial charge in [-0.15, -0.1) is 0 Å². The Bertz CT molecular complexity index is 717. The number of hydrogen-bond acceptors (Lipinski definition) is 0. The van der Waals surface area contributed by atoms with Crippen molar-refractivity contribution in [2.75, 3.05) is 0 Å². The molecule has 3 rings (SSSR count). The molecular weight excluding hydrogens is 362 g/mol. The molecule has 0 saturated heterocycles. The van der Waals surface area contributed by atoms with Crippen LogP contribution < -0.4 is 0 Å². The molecule has 158 valence electrons. The Morgan fingerprint density at radius 2 is 1.38 bits per heavy atom. The highest BCUT2D eigenvalue weighted by Crippen LogP contribution is 2.38. The zero-order valence-corrected chi connectivity index (χ0v) is 18.1. The van der Waals surface area contributed by atoms with Crippen molar-refractivity contribution in [3.63, 3.8) is 0 Å². The van der Waals surface area contributed by atoms with Crippen molar-refractivity contribution in [3.8, 4) is 11.1 Å². The average Bonchev–Trinajstić information content (AvgIpc) is 2.71. The fourth-order valence-electron chi connectivity index (χ4n) is 4.77.